The lowest BCUT2D eigenvalue weighted by atomic mass is 10.1. The standard InChI is InChI=1S/C10H23NOS/c1-5-7-11-10(9(3)4)8-13(12)6-2/h9-11H,5-8H2,1-4H3. The van der Waals surface area contributed by atoms with Crippen LogP contribution in [0.3, 0.4) is 0 Å². The molecule has 0 spiro atoms. The van der Waals surface area contributed by atoms with Crippen molar-refractivity contribution >= 4 is 10.8 Å². The average molecular weight is 205 g/mol. The molecule has 2 atom stereocenters. The smallest absolute Gasteiger partial charge is 0.0391 e. The fraction of sp³-hybridized carbons (Fsp3) is 1.00. The first kappa shape index (κ1) is 13.1. The quantitative estimate of drug-likeness (QED) is 0.686. The minimum Gasteiger partial charge on any atom is -0.313 e. The maximum Gasteiger partial charge on any atom is 0.0391 e. The van der Waals surface area contributed by atoms with Crippen LogP contribution in [0.25, 0.3) is 0 Å². The summed E-state index contributed by atoms with van der Waals surface area (Å²) in [5, 5.41) is 3.44. The van der Waals surface area contributed by atoms with Gasteiger partial charge in [-0.1, -0.05) is 27.7 Å². The number of rotatable bonds is 7. The summed E-state index contributed by atoms with van der Waals surface area (Å²) in [5.41, 5.74) is 0. The van der Waals surface area contributed by atoms with E-state index in [2.05, 4.69) is 26.1 Å². The monoisotopic (exact) mass is 205 g/mol. The van der Waals surface area contributed by atoms with Gasteiger partial charge in [0, 0.05) is 28.3 Å². The summed E-state index contributed by atoms with van der Waals surface area (Å²) in [6, 6.07) is 0.417. The first-order valence-corrected chi connectivity index (χ1v) is 6.68. The summed E-state index contributed by atoms with van der Waals surface area (Å²) in [6.45, 7) is 9.53. The number of hydrogen-bond acceptors (Lipinski definition) is 2. The maximum absolute atomic E-state index is 11.4. The van der Waals surface area contributed by atoms with Crippen molar-refractivity contribution in [2.24, 2.45) is 5.92 Å². The molecule has 0 aliphatic rings. The van der Waals surface area contributed by atoms with Gasteiger partial charge in [0.1, 0.15) is 0 Å². The molecule has 0 aromatic carbocycles. The van der Waals surface area contributed by atoms with Gasteiger partial charge in [0.25, 0.3) is 0 Å². The van der Waals surface area contributed by atoms with Gasteiger partial charge < -0.3 is 5.32 Å². The Balaban J connectivity index is 3.87. The summed E-state index contributed by atoms with van der Waals surface area (Å²) < 4.78 is 11.4. The van der Waals surface area contributed by atoms with Crippen molar-refractivity contribution in [1.29, 1.82) is 0 Å². The Morgan fingerprint density at radius 3 is 2.31 bits per heavy atom. The van der Waals surface area contributed by atoms with Crippen LogP contribution in [0.15, 0.2) is 0 Å². The predicted molar refractivity (Wildman–Crippen MR) is 60.5 cm³/mol. The molecule has 13 heavy (non-hydrogen) atoms. The van der Waals surface area contributed by atoms with E-state index in [0.717, 1.165) is 24.5 Å². The van der Waals surface area contributed by atoms with E-state index < -0.39 is 10.8 Å². The second-order valence-electron chi connectivity index (χ2n) is 3.70. The molecule has 0 aliphatic carbocycles. The van der Waals surface area contributed by atoms with E-state index in [4.69, 9.17) is 0 Å². The minimum absolute atomic E-state index is 0.417. The fourth-order valence-electron chi connectivity index (χ4n) is 1.13. The van der Waals surface area contributed by atoms with Crippen LogP contribution in [0.2, 0.25) is 0 Å². The zero-order valence-corrected chi connectivity index (χ0v) is 10.1. The van der Waals surface area contributed by atoms with Crippen LogP contribution >= 0.6 is 0 Å². The Kier molecular flexibility index (Phi) is 7.57. The van der Waals surface area contributed by atoms with Crippen LogP contribution in [0, 0.1) is 5.92 Å². The van der Waals surface area contributed by atoms with Crippen LogP contribution in [0.1, 0.15) is 34.1 Å². The van der Waals surface area contributed by atoms with Gasteiger partial charge in [-0.25, -0.2) is 0 Å². The first-order chi connectivity index (χ1) is 6.11. The van der Waals surface area contributed by atoms with Crippen molar-refractivity contribution in [3.63, 3.8) is 0 Å². The second kappa shape index (κ2) is 7.51. The van der Waals surface area contributed by atoms with Crippen LogP contribution in [0.4, 0.5) is 0 Å². The van der Waals surface area contributed by atoms with E-state index in [-0.39, 0.29) is 0 Å². The lowest BCUT2D eigenvalue weighted by molar-refractivity contribution is 0.431. The third-order valence-electron chi connectivity index (χ3n) is 2.15. The molecular formula is C10H23NOS. The minimum atomic E-state index is -0.644. The van der Waals surface area contributed by atoms with E-state index in [0.29, 0.717) is 12.0 Å². The van der Waals surface area contributed by atoms with E-state index in [1.165, 1.54) is 0 Å². The molecule has 2 unspecified atom stereocenters. The van der Waals surface area contributed by atoms with Crippen molar-refractivity contribution in [3.05, 3.63) is 0 Å². The largest absolute Gasteiger partial charge is 0.313 e. The molecule has 1 N–H and O–H groups in total. The van der Waals surface area contributed by atoms with Gasteiger partial charge in [-0.2, -0.15) is 0 Å². The molecule has 0 saturated carbocycles. The lowest BCUT2D eigenvalue weighted by Gasteiger charge is -2.21. The molecule has 2 nitrogen and oxygen atoms in total. The van der Waals surface area contributed by atoms with Crippen LogP contribution < -0.4 is 5.32 Å². The molecule has 0 aromatic rings. The van der Waals surface area contributed by atoms with E-state index in [1.54, 1.807) is 0 Å². The molecule has 0 heterocycles. The molecular weight excluding hydrogens is 182 g/mol. The third kappa shape index (κ3) is 6.22. The molecule has 0 aliphatic heterocycles. The number of nitrogens with one attached hydrogen (secondary N) is 1. The zero-order valence-electron chi connectivity index (χ0n) is 9.30. The van der Waals surface area contributed by atoms with Crippen molar-refractivity contribution in [3.8, 4) is 0 Å². The molecule has 0 saturated heterocycles. The maximum atomic E-state index is 11.4. The Bertz CT molecular complexity index is 148. The average Bonchev–Trinajstić information content (AvgIpc) is 2.11. The normalized spacial score (nSPS) is 16.1. The van der Waals surface area contributed by atoms with E-state index >= 15 is 0 Å². The van der Waals surface area contributed by atoms with E-state index in [1.807, 2.05) is 6.92 Å². The van der Waals surface area contributed by atoms with Crippen molar-refractivity contribution < 1.29 is 4.21 Å². The Morgan fingerprint density at radius 2 is 1.92 bits per heavy atom. The van der Waals surface area contributed by atoms with Gasteiger partial charge in [-0.05, 0) is 18.9 Å². The fourth-order valence-corrected chi connectivity index (χ4v) is 2.27. The van der Waals surface area contributed by atoms with Crippen molar-refractivity contribution in [2.45, 2.75) is 40.2 Å². The summed E-state index contributed by atoms with van der Waals surface area (Å²) in [6.07, 6.45) is 1.14. The second-order valence-corrected chi connectivity index (χ2v) is 5.49. The van der Waals surface area contributed by atoms with Gasteiger partial charge in [0.15, 0.2) is 0 Å². The molecule has 0 amide bonds. The first-order valence-electron chi connectivity index (χ1n) is 5.20. The van der Waals surface area contributed by atoms with Gasteiger partial charge in [-0.3, -0.25) is 4.21 Å². The topological polar surface area (TPSA) is 29.1 Å². The number of hydrogen-bond donors (Lipinski definition) is 1. The molecule has 3 heteroatoms. The van der Waals surface area contributed by atoms with Crippen LogP contribution in [-0.4, -0.2) is 28.3 Å². The van der Waals surface area contributed by atoms with Crippen molar-refractivity contribution in [1.82, 2.24) is 5.32 Å². The van der Waals surface area contributed by atoms with Gasteiger partial charge in [0.2, 0.25) is 0 Å². The highest BCUT2D eigenvalue weighted by atomic mass is 32.2. The molecule has 0 bridgehead atoms. The van der Waals surface area contributed by atoms with Crippen LogP contribution in [-0.2, 0) is 10.8 Å². The highest BCUT2D eigenvalue weighted by Gasteiger charge is 2.14. The summed E-state index contributed by atoms with van der Waals surface area (Å²) >= 11 is 0. The molecule has 80 valence electrons. The molecule has 0 aromatic heterocycles. The molecule has 0 radical (unpaired) electrons. The highest BCUT2D eigenvalue weighted by molar-refractivity contribution is 7.84. The Labute approximate surface area is 84.9 Å². The summed E-state index contributed by atoms with van der Waals surface area (Å²) in [5.74, 6) is 2.15. The summed E-state index contributed by atoms with van der Waals surface area (Å²) in [7, 11) is -0.644. The molecule has 0 fully saturated rings. The third-order valence-corrected chi connectivity index (χ3v) is 3.52. The van der Waals surface area contributed by atoms with Gasteiger partial charge in [-0.15, -0.1) is 0 Å². The lowest BCUT2D eigenvalue weighted by Crippen LogP contribution is -2.39. The zero-order chi connectivity index (χ0) is 10.3. The highest BCUT2D eigenvalue weighted by Crippen LogP contribution is 2.03. The van der Waals surface area contributed by atoms with Gasteiger partial charge >= 0.3 is 0 Å². The van der Waals surface area contributed by atoms with Crippen molar-refractivity contribution in [2.75, 3.05) is 18.1 Å². The molecule has 0 rings (SSSR count). The van der Waals surface area contributed by atoms with E-state index in [9.17, 15) is 4.21 Å². The predicted octanol–water partition coefficient (Wildman–Crippen LogP) is 1.78. The Morgan fingerprint density at radius 1 is 1.31 bits per heavy atom. The SMILES string of the molecule is CCCNC(CS(=O)CC)C(C)C. The Hall–Kier alpha value is 0.110. The van der Waals surface area contributed by atoms with Gasteiger partial charge in [0.05, 0.1) is 0 Å². The van der Waals surface area contributed by atoms with Crippen LogP contribution in [0.5, 0.6) is 0 Å². The summed E-state index contributed by atoms with van der Waals surface area (Å²) in [4.78, 5) is 0.